The van der Waals surface area contributed by atoms with Crippen molar-refractivity contribution in [2.75, 3.05) is 40.4 Å². The third-order valence-electron chi connectivity index (χ3n) is 3.65. The lowest BCUT2D eigenvalue weighted by Gasteiger charge is -2.34. The van der Waals surface area contributed by atoms with Gasteiger partial charge in [-0.2, -0.15) is 0 Å². The maximum atomic E-state index is 12.4. The molecule has 1 aromatic carbocycles. The second kappa shape index (κ2) is 7.49. The van der Waals surface area contributed by atoms with Gasteiger partial charge in [-0.15, -0.1) is 0 Å². The number of benzene rings is 1. The number of carbonyl (C=O) groups is 2. The van der Waals surface area contributed by atoms with Crippen molar-refractivity contribution in [3.63, 3.8) is 0 Å². The smallest absolute Gasteiger partial charge is 0.409 e. The molecule has 1 aliphatic rings. The monoisotopic (exact) mass is 370 g/mol. The molecule has 7 heteroatoms. The molecule has 1 aliphatic heterocycles. The number of amides is 2. The van der Waals surface area contributed by atoms with Crippen molar-refractivity contribution in [2.45, 2.75) is 6.42 Å². The van der Waals surface area contributed by atoms with Gasteiger partial charge in [0.05, 0.1) is 20.6 Å². The largest absolute Gasteiger partial charge is 0.496 e. The van der Waals surface area contributed by atoms with E-state index in [1.807, 2.05) is 18.2 Å². The Balaban J connectivity index is 1.96. The molecule has 0 unspecified atom stereocenters. The van der Waals surface area contributed by atoms with Crippen molar-refractivity contribution in [1.82, 2.24) is 9.80 Å². The molecular formula is C15H19BrN2O4. The zero-order valence-corrected chi connectivity index (χ0v) is 14.3. The van der Waals surface area contributed by atoms with Crippen molar-refractivity contribution in [1.29, 1.82) is 0 Å². The number of nitrogens with zero attached hydrogens (tertiary/aromatic N) is 2. The molecule has 1 saturated heterocycles. The van der Waals surface area contributed by atoms with Gasteiger partial charge < -0.3 is 19.3 Å². The first-order chi connectivity index (χ1) is 10.5. The van der Waals surface area contributed by atoms with Gasteiger partial charge in [0.25, 0.3) is 0 Å². The molecule has 1 aromatic rings. The van der Waals surface area contributed by atoms with Crippen LogP contribution >= 0.6 is 15.9 Å². The van der Waals surface area contributed by atoms with Crippen LogP contribution in [0.3, 0.4) is 0 Å². The van der Waals surface area contributed by atoms with Crippen LogP contribution in [0.5, 0.6) is 5.75 Å². The Morgan fingerprint density at radius 1 is 1.14 bits per heavy atom. The lowest BCUT2D eigenvalue weighted by atomic mass is 10.1. The average Bonchev–Trinajstić information content (AvgIpc) is 2.54. The van der Waals surface area contributed by atoms with Crippen molar-refractivity contribution >= 4 is 27.9 Å². The summed E-state index contributed by atoms with van der Waals surface area (Å²) in [5.74, 6) is 0.727. The van der Waals surface area contributed by atoms with Crippen LogP contribution in [0.4, 0.5) is 4.79 Å². The molecule has 0 aromatic heterocycles. The Kier molecular flexibility index (Phi) is 5.65. The van der Waals surface area contributed by atoms with Gasteiger partial charge in [-0.1, -0.05) is 15.9 Å². The second-order valence-corrected chi connectivity index (χ2v) is 5.89. The molecule has 0 atom stereocenters. The zero-order valence-electron chi connectivity index (χ0n) is 12.7. The summed E-state index contributed by atoms with van der Waals surface area (Å²) < 4.78 is 10.9. The summed E-state index contributed by atoms with van der Waals surface area (Å²) in [5.41, 5.74) is 0.845. The van der Waals surface area contributed by atoms with Crippen LogP contribution in [-0.4, -0.2) is 62.2 Å². The number of hydrogen-bond acceptors (Lipinski definition) is 4. The van der Waals surface area contributed by atoms with Gasteiger partial charge in [0.2, 0.25) is 5.91 Å². The second-order valence-electron chi connectivity index (χ2n) is 4.97. The van der Waals surface area contributed by atoms with Gasteiger partial charge in [-0.25, -0.2) is 4.79 Å². The number of piperazine rings is 1. The van der Waals surface area contributed by atoms with E-state index in [-0.39, 0.29) is 18.4 Å². The van der Waals surface area contributed by atoms with Crippen molar-refractivity contribution in [3.05, 3.63) is 28.2 Å². The highest BCUT2D eigenvalue weighted by Crippen LogP contribution is 2.24. The molecule has 2 rings (SSSR count). The van der Waals surface area contributed by atoms with Crippen LogP contribution in [0.15, 0.2) is 22.7 Å². The average molecular weight is 371 g/mol. The van der Waals surface area contributed by atoms with E-state index in [9.17, 15) is 9.59 Å². The molecule has 0 spiro atoms. The van der Waals surface area contributed by atoms with E-state index in [0.717, 1.165) is 10.0 Å². The third-order valence-corrected chi connectivity index (χ3v) is 4.14. The Labute approximate surface area is 138 Å². The first-order valence-electron chi connectivity index (χ1n) is 6.98. The number of methoxy groups -OCH3 is 2. The SMILES string of the molecule is COC(=O)N1CCN(C(=O)Cc2cc(Br)ccc2OC)CC1. The minimum absolute atomic E-state index is 0.0286. The predicted molar refractivity (Wildman–Crippen MR) is 85.0 cm³/mol. The van der Waals surface area contributed by atoms with Crippen LogP contribution in [0.2, 0.25) is 0 Å². The van der Waals surface area contributed by atoms with Crippen LogP contribution in [0, 0.1) is 0 Å². The fraction of sp³-hybridized carbons (Fsp3) is 0.467. The number of carbonyl (C=O) groups excluding carboxylic acids is 2. The number of rotatable bonds is 3. The molecule has 22 heavy (non-hydrogen) atoms. The fourth-order valence-corrected chi connectivity index (χ4v) is 2.84. The van der Waals surface area contributed by atoms with E-state index in [4.69, 9.17) is 4.74 Å². The molecule has 0 aliphatic carbocycles. The summed E-state index contributed by atoms with van der Waals surface area (Å²) in [6.45, 7) is 2.02. The number of halogens is 1. The first-order valence-corrected chi connectivity index (χ1v) is 7.77. The van der Waals surface area contributed by atoms with Crippen LogP contribution < -0.4 is 4.74 Å². The van der Waals surface area contributed by atoms with Crippen molar-refractivity contribution in [2.24, 2.45) is 0 Å². The van der Waals surface area contributed by atoms with Crippen LogP contribution in [0.25, 0.3) is 0 Å². The zero-order chi connectivity index (χ0) is 16.1. The van der Waals surface area contributed by atoms with Crippen molar-refractivity contribution < 1.29 is 19.1 Å². The highest BCUT2D eigenvalue weighted by molar-refractivity contribution is 9.10. The van der Waals surface area contributed by atoms with Crippen LogP contribution in [-0.2, 0) is 16.0 Å². The van der Waals surface area contributed by atoms with Crippen LogP contribution in [0.1, 0.15) is 5.56 Å². The first kappa shape index (κ1) is 16.6. The Bertz CT molecular complexity index is 556. The Morgan fingerprint density at radius 3 is 2.36 bits per heavy atom. The maximum Gasteiger partial charge on any atom is 0.409 e. The van der Waals surface area contributed by atoms with Gasteiger partial charge in [-0.05, 0) is 18.2 Å². The lowest BCUT2D eigenvalue weighted by molar-refractivity contribution is -0.132. The molecule has 1 fully saturated rings. The third kappa shape index (κ3) is 3.91. The van der Waals surface area contributed by atoms with Crippen molar-refractivity contribution in [3.8, 4) is 5.75 Å². The van der Waals surface area contributed by atoms with E-state index in [2.05, 4.69) is 20.7 Å². The van der Waals surface area contributed by atoms with Gasteiger partial charge in [0.1, 0.15) is 5.75 Å². The van der Waals surface area contributed by atoms with E-state index in [1.54, 1.807) is 16.9 Å². The standard InChI is InChI=1S/C15H19BrN2O4/c1-21-13-4-3-12(16)9-11(13)10-14(19)17-5-7-18(8-6-17)15(20)22-2/h3-4,9H,5-8,10H2,1-2H3. The molecule has 1 heterocycles. The molecule has 6 nitrogen and oxygen atoms in total. The molecule has 120 valence electrons. The summed E-state index contributed by atoms with van der Waals surface area (Å²) >= 11 is 3.40. The topological polar surface area (TPSA) is 59.1 Å². The Morgan fingerprint density at radius 2 is 1.77 bits per heavy atom. The summed E-state index contributed by atoms with van der Waals surface area (Å²) in [5, 5.41) is 0. The van der Waals surface area contributed by atoms with E-state index < -0.39 is 0 Å². The molecule has 0 bridgehead atoms. The number of hydrogen-bond donors (Lipinski definition) is 0. The Hall–Kier alpha value is -1.76. The van der Waals surface area contributed by atoms with E-state index >= 15 is 0 Å². The summed E-state index contributed by atoms with van der Waals surface area (Å²) in [6, 6.07) is 5.60. The minimum atomic E-state index is -0.347. The normalized spacial score (nSPS) is 14.7. The van der Waals surface area contributed by atoms with Gasteiger partial charge in [0.15, 0.2) is 0 Å². The highest BCUT2D eigenvalue weighted by atomic mass is 79.9. The summed E-state index contributed by atoms with van der Waals surface area (Å²) in [7, 11) is 2.95. The van der Waals surface area contributed by atoms with Gasteiger partial charge in [-0.3, -0.25) is 4.79 Å². The predicted octanol–water partition coefficient (Wildman–Crippen LogP) is 1.91. The molecule has 0 saturated carbocycles. The van der Waals surface area contributed by atoms with E-state index in [0.29, 0.717) is 31.9 Å². The highest BCUT2D eigenvalue weighted by Gasteiger charge is 2.25. The molecule has 0 N–H and O–H groups in total. The van der Waals surface area contributed by atoms with Gasteiger partial charge in [0, 0.05) is 36.2 Å². The maximum absolute atomic E-state index is 12.4. The molecular weight excluding hydrogens is 352 g/mol. The fourth-order valence-electron chi connectivity index (χ4n) is 2.43. The van der Waals surface area contributed by atoms with Gasteiger partial charge >= 0.3 is 6.09 Å². The molecule has 2 amide bonds. The summed E-state index contributed by atoms with van der Waals surface area (Å²) in [6.07, 6.45) is -0.0679. The quantitative estimate of drug-likeness (QED) is 0.815. The summed E-state index contributed by atoms with van der Waals surface area (Å²) in [4.78, 5) is 27.2. The van der Waals surface area contributed by atoms with E-state index in [1.165, 1.54) is 7.11 Å². The molecule has 0 radical (unpaired) electrons. The minimum Gasteiger partial charge on any atom is -0.496 e. The lowest BCUT2D eigenvalue weighted by Crippen LogP contribution is -2.50. The number of ether oxygens (including phenoxy) is 2.